The van der Waals surface area contributed by atoms with Crippen LogP contribution in [0, 0.1) is 0 Å². The maximum atomic E-state index is 10.7. The summed E-state index contributed by atoms with van der Waals surface area (Å²) in [6, 6.07) is 12.4. The first-order valence-electron chi connectivity index (χ1n) is 10.6. The number of aliphatic hydroxyl groups excluding tert-OH is 4. The van der Waals surface area contributed by atoms with Gasteiger partial charge < -0.3 is 39.1 Å². The Balaban J connectivity index is 1.68. The second-order valence-electron chi connectivity index (χ2n) is 7.96. The van der Waals surface area contributed by atoms with E-state index in [1.165, 1.54) is 7.11 Å². The number of benzene rings is 2. The van der Waals surface area contributed by atoms with Crippen LogP contribution >= 0.6 is 11.6 Å². The maximum Gasteiger partial charge on any atom is 0.224 e. The smallest absolute Gasteiger partial charge is 0.224 e. The Morgan fingerprint density at radius 1 is 1.06 bits per heavy atom. The highest BCUT2D eigenvalue weighted by Crippen LogP contribution is 2.40. The summed E-state index contributed by atoms with van der Waals surface area (Å²) in [5.41, 5.74) is 1.76. The van der Waals surface area contributed by atoms with Crippen molar-refractivity contribution in [3.05, 3.63) is 64.4 Å². The molecule has 1 saturated heterocycles. The Kier molecular flexibility index (Phi) is 6.97. The minimum absolute atomic E-state index is 0.343. The van der Waals surface area contributed by atoms with E-state index in [2.05, 4.69) is 0 Å². The largest absolute Gasteiger partial charge is 0.494 e. The van der Waals surface area contributed by atoms with Gasteiger partial charge in [-0.3, -0.25) is 0 Å². The molecule has 1 aliphatic rings. The number of furan rings is 1. The summed E-state index contributed by atoms with van der Waals surface area (Å²) in [5, 5.41) is 42.1. The highest BCUT2D eigenvalue weighted by atomic mass is 35.5. The average molecular weight is 479 g/mol. The van der Waals surface area contributed by atoms with Gasteiger partial charge in [0.15, 0.2) is 0 Å². The molecule has 178 valence electrons. The highest BCUT2D eigenvalue weighted by Gasteiger charge is 2.55. The number of methoxy groups -OCH3 is 1. The molecule has 0 amide bonds. The normalized spacial score (nSPS) is 27.7. The Hall–Kier alpha value is -2.17. The molecule has 1 aromatic heterocycles. The van der Waals surface area contributed by atoms with Gasteiger partial charge in [0.1, 0.15) is 41.5 Å². The van der Waals surface area contributed by atoms with Gasteiger partial charge in [0.25, 0.3) is 0 Å². The van der Waals surface area contributed by atoms with Crippen LogP contribution in [0.4, 0.5) is 0 Å². The third-order valence-corrected chi connectivity index (χ3v) is 6.28. The fourth-order valence-corrected chi connectivity index (χ4v) is 4.39. The lowest BCUT2D eigenvalue weighted by Gasteiger charge is -2.47. The topological polar surface area (TPSA) is 122 Å². The molecule has 4 N–H and O–H groups in total. The fraction of sp³-hybridized carbons (Fsp3) is 0.417. The van der Waals surface area contributed by atoms with Crippen LogP contribution < -0.4 is 4.74 Å². The summed E-state index contributed by atoms with van der Waals surface area (Å²) in [6.45, 7) is 1.91. The molecule has 2 unspecified atom stereocenters. The standard InChI is InChI=1S/C24H27ClO8/c1-3-31-16-5-7-19-14(10-16)11-17(32-19)9-13-8-15(4-6-18(13)25)24(30-2)23(29)22(28)21(27)20(12-26)33-24/h4-8,10-11,20-23,26-29H,3,9,12H2,1-2H3/t20?,21-,22?,23-,24+/m1/s1. The van der Waals surface area contributed by atoms with Crippen LogP contribution in [0.25, 0.3) is 11.0 Å². The molecule has 0 radical (unpaired) electrons. The predicted octanol–water partition coefficient (Wildman–Crippen LogP) is 2.35. The molecule has 0 saturated carbocycles. The van der Waals surface area contributed by atoms with Crippen LogP contribution in [0.15, 0.2) is 46.9 Å². The quantitative estimate of drug-likeness (QED) is 0.408. The monoisotopic (exact) mass is 478 g/mol. The van der Waals surface area contributed by atoms with Crippen LogP contribution in [0.3, 0.4) is 0 Å². The molecule has 8 nitrogen and oxygen atoms in total. The van der Waals surface area contributed by atoms with E-state index in [0.717, 1.165) is 11.1 Å². The zero-order valence-corrected chi connectivity index (χ0v) is 19.0. The lowest BCUT2D eigenvalue weighted by Crippen LogP contribution is -2.64. The molecule has 0 bridgehead atoms. The SMILES string of the molecule is CCOc1ccc2oc(Cc3cc([C@]4(OC)OC(CO)[C@@H](O)C(O)[C@H]4O)ccc3Cl)cc2c1. The van der Waals surface area contributed by atoms with E-state index in [9.17, 15) is 20.4 Å². The highest BCUT2D eigenvalue weighted by molar-refractivity contribution is 6.31. The molecule has 9 heteroatoms. The van der Waals surface area contributed by atoms with Crippen molar-refractivity contribution in [1.82, 2.24) is 0 Å². The first-order chi connectivity index (χ1) is 15.8. The third-order valence-electron chi connectivity index (χ3n) is 5.92. The minimum Gasteiger partial charge on any atom is -0.494 e. The summed E-state index contributed by atoms with van der Waals surface area (Å²) >= 11 is 6.45. The van der Waals surface area contributed by atoms with E-state index in [1.54, 1.807) is 18.2 Å². The van der Waals surface area contributed by atoms with Crippen molar-refractivity contribution in [2.45, 2.75) is 43.5 Å². The van der Waals surface area contributed by atoms with Crippen molar-refractivity contribution in [3.63, 3.8) is 0 Å². The van der Waals surface area contributed by atoms with Gasteiger partial charge in [-0.05, 0) is 48.9 Å². The van der Waals surface area contributed by atoms with Gasteiger partial charge in [0.05, 0.1) is 13.2 Å². The predicted molar refractivity (Wildman–Crippen MR) is 120 cm³/mol. The number of ether oxygens (including phenoxy) is 3. The molecule has 2 aromatic carbocycles. The van der Waals surface area contributed by atoms with Crippen molar-refractivity contribution in [3.8, 4) is 5.75 Å². The average Bonchev–Trinajstić information content (AvgIpc) is 3.21. The second-order valence-corrected chi connectivity index (χ2v) is 8.37. The zero-order chi connectivity index (χ0) is 23.8. The lowest BCUT2D eigenvalue weighted by atomic mass is 9.87. The molecular weight excluding hydrogens is 452 g/mol. The Morgan fingerprint density at radius 3 is 2.55 bits per heavy atom. The summed E-state index contributed by atoms with van der Waals surface area (Å²) < 4.78 is 22.8. The van der Waals surface area contributed by atoms with Gasteiger partial charge in [-0.2, -0.15) is 0 Å². The Bertz CT molecular complexity index is 1110. The van der Waals surface area contributed by atoms with Crippen LogP contribution in [-0.2, 0) is 21.7 Å². The van der Waals surface area contributed by atoms with Crippen LogP contribution in [0.2, 0.25) is 5.02 Å². The molecule has 4 rings (SSSR count). The van der Waals surface area contributed by atoms with Gasteiger partial charge in [-0.15, -0.1) is 0 Å². The van der Waals surface area contributed by atoms with E-state index in [-0.39, 0.29) is 0 Å². The Morgan fingerprint density at radius 2 is 1.85 bits per heavy atom. The molecule has 0 aliphatic carbocycles. The number of halogens is 1. The maximum absolute atomic E-state index is 10.7. The van der Waals surface area contributed by atoms with Gasteiger partial charge in [0, 0.05) is 29.5 Å². The van der Waals surface area contributed by atoms with Crippen molar-refractivity contribution >= 4 is 22.6 Å². The first-order valence-corrected chi connectivity index (χ1v) is 11.0. The van der Waals surface area contributed by atoms with E-state index >= 15 is 0 Å². The molecule has 1 fully saturated rings. The summed E-state index contributed by atoms with van der Waals surface area (Å²) in [7, 11) is 1.31. The number of fused-ring (bicyclic) bond motifs is 1. The number of hydrogen-bond acceptors (Lipinski definition) is 8. The number of hydrogen-bond donors (Lipinski definition) is 4. The summed E-state index contributed by atoms with van der Waals surface area (Å²) in [5.74, 6) is -0.397. The molecular formula is C24H27ClO8. The molecule has 33 heavy (non-hydrogen) atoms. The van der Waals surface area contributed by atoms with Gasteiger partial charge in [-0.25, -0.2) is 0 Å². The zero-order valence-electron chi connectivity index (χ0n) is 18.3. The first kappa shape index (κ1) is 24.0. The minimum atomic E-state index is -1.81. The van der Waals surface area contributed by atoms with E-state index in [4.69, 9.17) is 30.2 Å². The molecule has 5 atom stereocenters. The van der Waals surface area contributed by atoms with Crippen LogP contribution in [0.1, 0.15) is 23.8 Å². The van der Waals surface area contributed by atoms with Crippen LogP contribution in [-0.4, -0.2) is 65.2 Å². The van der Waals surface area contributed by atoms with Crippen molar-refractivity contribution < 1.29 is 39.1 Å². The lowest BCUT2D eigenvalue weighted by molar-refractivity contribution is -0.366. The van der Waals surface area contributed by atoms with Gasteiger partial charge >= 0.3 is 0 Å². The van der Waals surface area contributed by atoms with Crippen molar-refractivity contribution in [2.75, 3.05) is 20.3 Å². The van der Waals surface area contributed by atoms with E-state index in [1.807, 2.05) is 31.2 Å². The van der Waals surface area contributed by atoms with Gasteiger partial charge in [-0.1, -0.05) is 17.7 Å². The van der Waals surface area contributed by atoms with Gasteiger partial charge in [0.2, 0.25) is 5.79 Å². The van der Waals surface area contributed by atoms with E-state index in [0.29, 0.717) is 40.5 Å². The number of aliphatic hydroxyl groups is 4. The second kappa shape index (κ2) is 9.60. The molecule has 2 heterocycles. The Labute approximate surface area is 195 Å². The fourth-order valence-electron chi connectivity index (χ4n) is 4.20. The van der Waals surface area contributed by atoms with Crippen LogP contribution in [0.5, 0.6) is 5.75 Å². The van der Waals surface area contributed by atoms with E-state index < -0.39 is 36.8 Å². The molecule has 3 aromatic rings. The third kappa shape index (κ3) is 4.36. The van der Waals surface area contributed by atoms with Crippen molar-refractivity contribution in [1.29, 1.82) is 0 Å². The molecule has 0 spiro atoms. The summed E-state index contributed by atoms with van der Waals surface area (Å²) in [4.78, 5) is 0. The number of rotatable bonds is 7. The summed E-state index contributed by atoms with van der Waals surface area (Å²) in [6.07, 6.45) is -5.49. The molecule has 1 aliphatic heterocycles. The van der Waals surface area contributed by atoms with Crippen molar-refractivity contribution in [2.24, 2.45) is 0 Å².